The summed E-state index contributed by atoms with van der Waals surface area (Å²) in [7, 11) is 1.19. The van der Waals surface area contributed by atoms with E-state index in [2.05, 4.69) is 15.4 Å². The van der Waals surface area contributed by atoms with Crippen LogP contribution in [0.1, 0.15) is 48.4 Å². The number of nitrogens with one attached hydrogen (secondary N) is 2. The highest BCUT2D eigenvalue weighted by molar-refractivity contribution is 6.04. The molecule has 0 spiro atoms. The van der Waals surface area contributed by atoms with E-state index >= 15 is 0 Å². The highest BCUT2D eigenvalue weighted by Crippen LogP contribution is 2.12. The summed E-state index contributed by atoms with van der Waals surface area (Å²) in [6.45, 7) is 6.58. The SMILES string of the molecule is COC(=O)c1ccccc1C(=O)OC(C)C(=O)NC(=O)NC(C)(C)C. The molecular formula is C17H22N2O6. The number of methoxy groups -OCH3 is 1. The van der Waals surface area contributed by atoms with Crippen molar-refractivity contribution in [2.45, 2.75) is 39.3 Å². The predicted molar refractivity (Wildman–Crippen MR) is 89.1 cm³/mol. The van der Waals surface area contributed by atoms with Gasteiger partial charge >= 0.3 is 18.0 Å². The Morgan fingerprint density at radius 3 is 2.00 bits per heavy atom. The van der Waals surface area contributed by atoms with E-state index < -0.39 is 35.5 Å². The first-order chi connectivity index (χ1) is 11.5. The van der Waals surface area contributed by atoms with Crippen LogP contribution >= 0.6 is 0 Å². The van der Waals surface area contributed by atoms with Gasteiger partial charge in [-0.05, 0) is 39.8 Å². The molecule has 0 aliphatic rings. The van der Waals surface area contributed by atoms with Gasteiger partial charge in [0.15, 0.2) is 6.10 Å². The van der Waals surface area contributed by atoms with Crippen LogP contribution in [0, 0.1) is 0 Å². The first-order valence-corrected chi connectivity index (χ1v) is 7.56. The first kappa shape index (κ1) is 20.1. The maximum Gasteiger partial charge on any atom is 0.339 e. The van der Waals surface area contributed by atoms with Crippen LogP contribution < -0.4 is 10.6 Å². The molecule has 0 heterocycles. The van der Waals surface area contributed by atoms with Crippen LogP contribution in [0.25, 0.3) is 0 Å². The van der Waals surface area contributed by atoms with Gasteiger partial charge in [0, 0.05) is 5.54 Å². The largest absolute Gasteiger partial charge is 0.465 e. The van der Waals surface area contributed by atoms with Gasteiger partial charge in [-0.1, -0.05) is 12.1 Å². The van der Waals surface area contributed by atoms with Gasteiger partial charge < -0.3 is 14.8 Å². The topological polar surface area (TPSA) is 111 Å². The quantitative estimate of drug-likeness (QED) is 0.799. The van der Waals surface area contributed by atoms with Gasteiger partial charge in [-0.2, -0.15) is 0 Å². The van der Waals surface area contributed by atoms with Gasteiger partial charge in [0.05, 0.1) is 18.2 Å². The Morgan fingerprint density at radius 1 is 1.00 bits per heavy atom. The Balaban J connectivity index is 2.76. The lowest BCUT2D eigenvalue weighted by Gasteiger charge is -2.21. The second-order valence-corrected chi connectivity index (χ2v) is 6.28. The Labute approximate surface area is 145 Å². The van der Waals surface area contributed by atoms with E-state index in [4.69, 9.17) is 4.74 Å². The van der Waals surface area contributed by atoms with Crippen LogP contribution in [0.2, 0.25) is 0 Å². The number of carbonyl (C=O) groups is 4. The highest BCUT2D eigenvalue weighted by Gasteiger charge is 2.25. The molecule has 8 nitrogen and oxygen atoms in total. The molecule has 3 amide bonds. The molecule has 1 unspecified atom stereocenters. The number of imide groups is 1. The molecular weight excluding hydrogens is 328 g/mol. The van der Waals surface area contributed by atoms with Crippen molar-refractivity contribution in [2.75, 3.05) is 7.11 Å². The zero-order valence-corrected chi connectivity index (χ0v) is 14.8. The molecule has 25 heavy (non-hydrogen) atoms. The number of urea groups is 1. The fourth-order valence-electron chi connectivity index (χ4n) is 1.81. The van der Waals surface area contributed by atoms with Crippen molar-refractivity contribution in [3.63, 3.8) is 0 Å². The molecule has 1 aromatic rings. The lowest BCUT2D eigenvalue weighted by Crippen LogP contribution is -2.50. The molecule has 0 radical (unpaired) electrons. The minimum atomic E-state index is -1.23. The molecule has 0 fully saturated rings. The first-order valence-electron chi connectivity index (χ1n) is 7.56. The molecule has 136 valence electrons. The third-order valence-electron chi connectivity index (χ3n) is 2.93. The molecule has 1 aromatic carbocycles. The monoisotopic (exact) mass is 350 g/mol. The molecule has 0 aliphatic carbocycles. The summed E-state index contributed by atoms with van der Waals surface area (Å²) in [6, 6.07) is 5.20. The van der Waals surface area contributed by atoms with E-state index in [-0.39, 0.29) is 11.1 Å². The van der Waals surface area contributed by atoms with Crippen LogP contribution in [0.4, 0.5) is 4.79 Å². The van der Waals surface area contributed by atoms with Crippen LogP contribution in [-0.2, 0) is 14.3 Å². The van der Waals surface area contributed by atoms with E-state index in [1.54, 1.807) is 32.9 Å². The number of hydrogen-bond acceptors (Lipinski definition) is 6. The third-order valence-corrected chi connectivity index (χ3v) is 2.93. The summed E-state index contributed by atoms with van der Waals surface area (Å²) < 4.78 is 9.63. The number of rotatable bonds is 4. The smallest absolute Gasteiger partial charge is 0.339 e. The number of hydrogen-bond donors (Lipinski definition) is 2. The van der Waals surface area contributed by atoms with E-state index in [1.807, 2.05) is 0 Å². The average molecular weight is 350 g/mol. The maximum absolute atomic E-state index is 12.2. The molecule has 0 saturated heterocycles. The van der Waals surface area contributed by atoms with E-state index in [0.29, 0.717) is 0 Å². The molecule has 0 saturated carbocycles. The number of benzene rings is 1. The lowest BCUT2D eigenvalue weighted by molar-refractivity contribution is -0.127. The summed E-state index contributed by atoms with van der Waals surface area (Å²) in [5.41, 5.74) is -0.537. The number of esters is 2. The van der Waals surface area contributed by atoms with Crippen LogP contribution in [-0.4, -0.2) is 42.6 Å². The second kappa shape index (κ2) is 8.27. The molecule has 0 aromatic heterocycles. The van der Waals surface area contributed by atoms with Crippen LogP contribution in [0.15, 0.2) is 24.3 Å². The highest BCUT2D eigenvalue weighted by atomic mass is 16.5. The normalized spacial score (nSPS) is 11.9. The Kier molecular flexibility index (Phi) is 6.67. The number of ether oxygens (including phenoxy) is 2. The standard InChI is InChI=1S/C17H22N2O6/c1-10(13(20)18-16(23)19-17(2,3)4)25-15(22)12-9-7-6-8-11(12)14(21)24-5/h6-10H,1-5H3,(H2,18,19,20,23). The van der Waals surface area contributed by atoms with E-state index in [0.717, 1.165) is 0 Å². The van der Waals surface area contributed by atoms with Crippen molar-refractivity contribution in [2.24, 2.45) is 0 Å². The van der Waals surface area contributed by atoms with Crippen molar-refractivity contribution >= 4 is 23.9 Å². The van der Waals surface area contributed by atoms with Gasteiger partial charge in [0.1, 0.15) is 0 Å². The summed E-state index contributed by atoms with van der Waals surface area (Å²) in [5, 5.41) is 4.63. The fraction of sp³-hybridized carbons (Fsp3) is 0.412. The summed E-state index contributed by atoms with van der Waals surface area (Å²) in [5.74, 6) is -2.36. The molecule has 8 heteroatoms. The van der Waals surface area contributed by atoms with Crippen LogP contribution in [0.3, 0.4) is 0 Å². The van der Waals surface area contributed by atoms with E-state index in [9.17, 15) is 19.2 Å². The van der Waals surface area contributed by atoms with Gasteiger partial charge in [-0.15, -0.1) is 0 Å². The van der Waals surface area contributed by atoms with Crippen molar-refractivity contribution < 1.29 is 28.7 Å². The second-order valence-electron chi connectivity index (χ2n) is 6.28. The molecule has 1 rings (SSSR count). The Hall–Kier alpha value is -2.90. The zero-order chi connectivity index (χ0) is 19.2. The number of carbonyl (C=O) groups excluding carboxylic acids is 4. The lowest BCUT2D eigenvalue weighted by atomic mass is 10.1. The van der Waals surface area contributed by atoms with Crippen molar-refractivity contribution in [1.29, 1.82) is 0 Å². The van der Waals surface area contributed by atoms with Crippen molar-refractivity contribution in [3.8, 4) is 0 Å². The van der Waals surface area contributed by atoms with Gasteiger partial charge in [-0.25, -0.2) is 14.4 Å². The summed E-state index contributed by atoms with van der Waals surface area (Å²) >= 11 is 0. The molecule has 0 aliphatic heterocycles. The molecule has 0 bridgehead atoms. The zero-order valence-electron chi connectivity index (χ0n) is 14.8. The van der Waals surface area contributed by atoms with Crippen molar-refractivity contribution in [3.05, 3.63) is 35.4 Å². The summed E-state index contributed by atoms with van der Waals surface area (Å²) in [4.78, 5) is 47.5. The molecule has 1 atom stereocenters. The Bertz CT molecular complexity index is 678. The minimum absolute atomic E-state index is 0.0214. The van der Waals surface area contributed by atoms with Crippen LogP contribution in [0.5, 0.6) is 0 Å². The fourth-order valence-corrected chi connectivity index (χ4v) is 1.81. The maximum atomic E-state index is 12.2. The predicted octanol–water partition coefficient (Wildman–Crippen LogP) is 1.64. The third kappa shape index (κ3) is 6.25. The minimum Gasteiger partial charge on any atom is -0.465 e. The Morgan fingerprint density at radius 2 is 1.52 bits per heavy atom. The van der Waals surface area contributed by atoms with Crippen molar-refractivity contribution in [1.82, 2.24) is 10.6 Å². The number of amides is 3. The molecule has 2 N–H and O–H groups in total. The van der Waals surface area contributed by atoms with E-state index in [1.165, 1.54) is 26.2 Å². The van der Waals surface area contributed by atoms with Gasteiger partial charge in [0.2, 0.25) is 0 Å². The summed E-state index contributed by atoms with van der Waals surface area (Å²) in [6.07, 6.45) is -1.23. The van der Waals surface area contributed by atoms with Gasteiger partial charge in [-0.3, -0.25) is 10.1 Å². The van der Waals surface area contributed by atoms with Gasteiger partial charge in [0.25, 0.3) is 5.91 Å². The average Bonchev–Trinajstić information content (AvgIpc) is 2.51.